The lowest BCUT2D eigenvalue weighted by molar-refractivity contribution is 0.340. The van der Waals surface area contributed by atoms with Crippen molar-refractivity contribution in [3.8, 4) is 5.75 Å². The molecule has 0 amide bonds. The zero-order valence-corrected chi connectivity index (χ0v) is 11.5. The Morgan fingerprint density at radius 1 is 1.37 bits per heavy atom. The van der Waals surface area contributed by atoms with Gasteiger partial charge in [-0.25, -0.2) is 0 Å². The van der Waals surface area contributed by atoms with Gasteiger partial charge in [-0.15, -0.1) is 0 Å². The maximum atomic E-state index is 12.1. The lowest BCUT2D eigenvalue weighted by Gasteiger charge is -2.07. The van der Waals surface area contributed by atoms with Crippen LogP contribution < -0.4 is 10.5 Å². The van der Waals surface area contributed by atoms with E-state index in [1.54, 1.807) is 12.1 Å². The average molecular weight is 285 g/mol. The summed E-state index contributed by atoms with van der Waals surface area (Å²) in [6.45, 7) is 2.68. The molecule has 0 bridgehead atoms. The fraction of sp³-hybridized carbons (Fsp3) is 0.455. The van der Waals surface area contributed by atoms with E-state index in [0.29, 0.717) is 29.7 Å². The second-order valence-corrected chi connectivity index (χ2v) is 5.53. The molecule has 0 saturated heterocycles. The SMILES string of the molecule is CCOc1ccc(S(=O)(=O)N(CCCN)[N+]#N)cc1. The van der Waals surface area contributed by atoms with Gasteiger partial charge in [-0.2, -0.15) is 8.42 Å². The van der Waals surface area contributed by atoms with Crippen LogP contribution in [0.3, 0.4) is 0 Å². The molecule has 0 unspecified atom stereocenters. The van der Waals surface area contributed by atoms with Crippen molar-refractivity contribution in [1.29, 1.82) is 5.39 Å². The van der Waals surface area contributed by atoms with Gasteiger partial charge in [-0.3, -0.25) is 0 Å². The quantitative estimate of drug-likeness (QED) is 0.599. The summed E-state index contributed by atoms with van der Waals surface area (Å²) >= 11 is 0. The molecule has 19 heavy (non-hydrogen) atoms. The van der Waals surface area contributed by atoms with Crippen LogP contribution in [0.1, 0.15) is 13.3 Å². The van der Waals surface area contributed by atoms with Gasteiger partial charge in [0.2, 0.25) is 0 Å². The molecule has 0 aliphatic heterocycles. The third kappa shape index (κ3) is 3.81. The van der Waals surface area contributed by atoms with Crippen molar-refractivity contribution in [1.82, 2.24) is 4.41 Å². The maximum absolute atomic E-state index is 12.1. The molecule has 7 nitrogen and oxygen atoms in total. The third-order valence-corrected chi connectivity index (χ3v) is 4.04. The number of sulfonamides is 1. The first-order chi connectivity index (χ1) is 9.06. The summed E-state index contributed by atoms with van der Waals surface area (Å²) in [6, 6.07) is 5.91. The lowest BCUT2D eigenvalue weighted by atomic mass is 10.3. The van der Waals surface area contributed by atoms with Gasteiger partial charge < -0.3 is 10.5 Å². The lowest BCUT2D eigenvalue weighted by Crippen LogP contribution is -2.26. The molecule has 104 valence electrons. The van der Waals surface area contributed by atoms with Crippen molar-refractivity contribution in [2.45, 2.75) is 18.2 Å². The molecular formula is C11H17N4O3S+. The van der Waals surface area contributed by atoms with Crippen LogP contribution in [0.25, 0.3) is 5.08 Å². The highest BCUT2D eigenvalue weighted by Gasteiger charge is 2.32. The van der Waals surface area contributed by atoms with Crippen molar-refractivity contribution in [2.24, 2.45) is 5.73 Å². The normalized spacial score (nSPS) is 10.8. The molecule has 0 spiro atoms. The molecule has 0 aliphatic rings. The summed E-state index contributed by atoms with van der Waals surface area (Å²) in [5.41, 5.74) is 5.31. The Balaban J connectivity index is 2.95. The monoisotopic (exact) mass is 285 g/mol. The van der Waals surface area contributed by atoms with Crippen LogP contribution in [0.5, 0.6) is 5.75 Å². The minimum Gasteiger partial charge on any atom is -0.494 e. The van der Waals surface area contributed by atoms with Gasteiger partial charge in [0.1, 0.15) is 12.3 Å². The van der Waals surface area contributed by atoms with Crippen LogP contribution in [0.4, 0.5) is 0 Å². The first-order valence-corrected chi connectivity index (χ1v) is 7.31. The van der Waals surface area contributed by atoms with Crippen LogP contribution in [-0.2, 0) is 10.0 Å². The van der Waals surface area contributed by atoms with Gasteiger partial charge >= 0.3 is 15.1 Å². The molecule has 0 atom stereocenters. The zero-order valence-electron chi connectivity index (χ0n) is 10.7. The number of hydrogen-bond acceptors (Lipinski definition) is 5. The summed E-state index contributed by atoms with van der Waals surface area (Å²) in [7, 11) is -3.85. The number of benzene rings is 1. The fourth-order valence-electron chi connectivity index (χ4n) is 1.44. The zero-order chi connectivity index (χ0) is 14.3. The molecular weight excluding hydrogens is 268 g/mol. The molecule has 0 aliphatic carbocycles. The van der Waals surface area contributed by atoms with E-state index in [-0.39, 0.29) is 11.4 Å². The predicted molar refractivity (Wildman–Crippen MR) is 70.3 cm³/mol. The molecule has 0 aromatic heterocycles. The predicted octanol–water partition coefficient (Wildman–Crippen LogP) is 1.19. The number of rotatable bonds is 7. The van der Waals surface area contributed by atoms with Crippen molar-refractivity contribution in [2.75, 3.05) is 19.7 Å². The first-order valence-electron chi connectivity index (χ1n) is 5.87. The highest BCUT2D eigenvalue weighted by atomic mass is 32.2. The summed E-state index contributed by atoms with van der Waals surface area (Å²) in [4.78, 5) is 0.0331. The molecule has 1 aromatic carbocycles. The molecule has 1 aromatic rings. The summed E-state index contributed by atoms with van der Waals surface area (Å²) in [5.74, 6) is 0.580. The Labute approximate surface area is 112 Å². The van der Waals surface area contributed by atoms with Crippen molar-refractivity contribution < 1.29 is 13.2 Å². The van der Waals surface area contributed by atoms with Crippen molar-refractivity contribution >= 4 is 10.0 Å². The van der Waals surface area contributed by atoms with E-state index < -0.39 is 10.0 Å². The third-order valence-electron chi connectivity index (χ3n) is 2.36. The first kappa shape index (κ1) is 15.2. The smallest absolute Gasteiger partial charge is 0.326 e. The van der Waals surface area contributed by atoms with Crippen molar-refractivity contribution in [3.63, 3.8) is 0 Å². The Bertz CT molecular complexity index is 536. The Hall–Kier alpha value is -1.85. The average Bonchev–Trinajstić information content (AvgIpc) is 2.40. The van der Waals surface area contributed by atoms with Gasteiger partial charge in [0, 0.05) is 0 Å². The van der Waals surface area contributed by atoms with E-state index in [0.717, 1.165) is 0 Å². The fourth-order valence-corrected chi connectivity index (χ4v) is 2.62. The molecule has 8 heteroatoms. The van der Waals surface area contributed by atoms with E-state index in [2.05, 4.69) is 5.08 Å². The Morgan fingerprint density at radius 2 is 2.00 bits per heavy atom. The van der Waals surface area contributed by atoms with E-state index in [9.17, 15) is 8.42 Å². The summed E-state index contributed by atoms with van der Waals surface area (Å²) < 4.78 is 30.1. The number of ether oxygens (including phenoxy) is 1. The number of hydrogen-bond donors (Lipinski definition) is 1. The maximum Gasteiger partial charge on any atom is 0.326 e. The minimum absolute atomic E-state index is 0.0303. The summed E-state index contributed by atoms with van der Waals surface area (Å²) in [6.07, 6.45) is 0.403. The molecule has 0 fully saturated rings. The number of nitrogens with zero attached hydrogens (tertiary/aromatic N) is 3. The van der Waals surface area contributed by atoms with Crippen LogP contribution >= 0.6 is 0 Å². The number of nitrogens with two attached hydrogens (primary N) is 1. The van der Waals surface area contributed by atoms with Crippen LogP contribution in [0.2, 0.25) is 0 Å². The van der Waals surface area contributed by atoms with Gasteiger partial charge in [-0.05, 0) is 44.2 Å². The molecule has 0 radical (unpaired) electrons. The van der Waals surface area contributed by atoms with Crippen molar-refractivity contribution in [3.05, 3.63) is 29.4 Å². The standard InChI is InChI=1S/C11H17N4O3S/c1-2-18-10-4-6-11(7-5-10)19(16,17)15(14-13)9-3-8-12/h4-7H,2-3,8-9,12H2,1H3/q+1. The second kappa shape index (κ2) is 6.92. The summed E-state index contributed by atoms with van der Waals surface area (Å²) in [5, 5.41) is 11.6. The van der Waals surface area contributed by atoms with E-state index in [4.69, 9.17) is 15.9 Å². The minimum atomic E-state index is -3.85. The molecule has 1 rings (SSSR count). The van der Waals surface area contributed by atoms with Crippen LogP contribution in [0.15, 0.2) is 29.2 Å². The van der Waals surface area contributed by atoms with E-state index in [1.807, 2.05) is 6.92 Å². The highest BCUT2D eigenvalue weighted by molar-refractivity contribution is 7.89. The van der Waals surface area contributed by atoms with E-state index >= 15 is 0 Å². The van der Waals surface area contributed by atoms with Gasteiger partial charge in [0.25, 0.3) is 5.39 Å². The van der Waals surface area contributed by atoms with E-state index in [1.165, 1.54) is 12.1 Å². The van der Waals surface area contributed by atoms with Gasteiger partial charge in [-0.1, -0.05) is 0 Å². The topological polar surface area (TPSA) is 101 Å². The van der Waals surface area contributed by atoms with Gasteiger partial charge in [0.05, 0.1) is 15.9 Å². The molecule has 0 saturated carbocycles. The highest BCUT2D eigenvalue weighted by Crippen LogP contribution is 2.20. The largest absolute Gasteiger partial charge is 0.494 e. The number of diazo groups is 1. The van der Waals surface area contributed by atoms with Crippen LogP contribution in [-0.4, -0.2) is 32.5 Å². The molecule has 0 heterocycles. The second-order valence-electron chi connectivity index (χ2n) is 3.69. The van der Waals surface area contributed by atoms with Gasteiger partial charge in [0.15, 0.2) is 0 Å². The Morgan fingerprint density at radius 3 is 2.47 bits per heavy atom. The van der Waals surface area contributed by atoms with Crippen LogP contribution in [0, 0.1) is 5.39 Å². The Kier molecular flexibility index (Phi) is 5.54. The molecule has 2 N–H and O–H groups in total.